The fourth-order valence-electron chi connectivity index (χ4n) is 3.04. The van der Waals surface area contributed by atoms with Crippen molar-refractivity contribution >= 4 is 23.7 Å². The minimum absolute atomic E-state index is 0.0601. The van der Waals surface area contributed by atoms with Crippen molar-refractivity contribution < 1.29 is 18.0 Å². The standard InChI is InChI=1S/C21H33F3N8O/c1-30(2)11-12-32-16-17(14-27-32)28-20-26-15-18(21(22,23)24)19(29-20)25-8-7-10-31(3)9-5-4-6-13-33/h13-16H,4-12H2,1-3H3,(H2,25,26,28,29). The van der Waals surface area contributed by atoms with Crippen molar-refractivity contribution in [3.63, 3.8) is 0 Å². The summed E-state index contributed by atoms with van der Waals surface area (Å²) < 4.78 is 42.0. The summed E-state index contributed by atoms with van der Waals surface area (Å²) in [5, 5.41) is 9.95. The van der Waals surface area contributed by atoms with Crippen LogP contribution in [0.5, 0.6) is 0 Å². The van der Waals surface area contributed by atoms with Gasteiger partial charge in [-0.15, -0.1) is 0 Å². The summed E-state index contributed by atoms with van der Waals surface area (Å²) in [7, 11) is 5.87. The quantitative estimate of drug-likeness (QED) is 0.303. The summed E-state index contributed by atoms with van der Waals surface area (Å²) in [5.74, 6) is -0.196. The van der Waals surface area contributed by atoms with Gasteiger partial charge in [0.1, 0.15) is 17.7 Å². The monoisotopic (exact) mass is 470 g/mol. The van der Waals surface area contributed by atoms with Crippen LogP contribution in [-0.2, 0) is 17.5 Å². The van der Waals surface area contributed by atoms with Crippen LogP contribution < -0.4 is 10.6 Å². The molecule has 0 radical (unpaired) electrons. The summed E-state index contributed by atoms with van der Waals surface area (Å²) in [6.45, 7) is 3.38. The van der Waals surface area contributed by atoms with Crippen molar-refractivity contribution in [1.82, 2.24) is 29.5 Å². The fraction of sp³-hybridized carbons (Fsp3) is 0.619. The lowest BCUT2D eigenvalue weighted by molar-refractivity contribution is -0.137. The third kappa shape index (κ3) is 9.74. The van der Waals surface area contributed by atoms with Gasteiger partial charge in [0.05, 0.1) is 18.4 Å². The van der Waals surface area contributed by atoms with E-state index in [0.717, 1.165) is 45.0 Å². The molecule has 184 valence electrons. The molecule has 0 bridgehead atoms. The molecule has 0 aromatic carbocycles. The Morgan fingerprint density at radius 3 is 2.55 bits per heavy atom. The second-order valence-electron chi connectivity index (χ2n) is 8.12. The maximum Gasteiger partial charge on any atom is 0.421 e. The van der Waals surface area contributed by atoms with E-state index in [4.69, 9.17) is 0 Å². The van der Waals surface area contributed by atoms with Crippen LogP contribution in [0.4, 0.5) is 30.6 Å². The highest BCUT2D eigenvalue weighted by molar-refractivity contribution is 5.55. The minimum Gasteiger partial charge on any atom is -0.369 e. The predicted octanol–water partition coefficient (Wildman–Crippen LogP) is 3.10. The van der Waals surface area contributed by atoms with Crippen LogP contribution in [0.1, 0.15) is 31.2 Å². The Bertz CT molecular complexity index is 856. The maximum atomic E-state index is 13.4. The Morgan fingerprint density at radius 2 is 1.85 bits per heavy atom. The van der Waals surface area contributed by atoms with Crippen molar-refractivity contribution in [2.45, 2.75) is 38.4 Å². The van der Waals surface area contributed by atoms with Gasteiger partial charge in [-0.25, -0.2) is 4.98 Å². The van der Waals surface area contributed by atoms with E-state index in [-0.39, 0.29) is 11.8 Å². The summed E-state index contributed by atoms with van der Waals surface area (Å²) in [6, 6.07) is 0. The van der Waals surface area contributed by atoms with Crippen molar-refractivity contribution in [3.05, 3.63) is 24.2 Å². The molecule has 2 aromatic rings. The second kappa shape index (κ2) is 13.1. The van der Waals surface area contributed by atoms with Gasteiger partial charge in [0, 0.05) is 31.9 Å². The predicted molar refractivity (Wildman–Crippen MR) is 122 cm³/mol. The van der Waals surface area contributed by atoms with Crippen molar-refractivity contribution in [1.29, 1.82) is 0 Å². The molecule has 33 heavy (non-hydrogen) atoms. The number of alkyl halides is 3. The van der Waals surface area contributed by atoms with Gasteiger partial charge in [0.15, 0.2) is 0 Å². The zero-order valence-corrected chi connectivity index (χ0v) is 19.4. The number of carbonyl (C=O) groups is 1. The highest BCUT2D eigenvalue weighted by atomic mass is 19.4. The van der Waals surface area contributed by atoms with Crippen molar-refractivity contribution in [3.8, 4) is 0 Å². The van der Waals surface area contributed by atoms with Gasteiger partial charge in [-0.3, -0.25) is 4.68 Å². The molecule has 0 aliphatic carbocycles. The van der Waals surface area contributed by atoms with Gasteiger partial charge in [0.25, 0.3) is 0 Å². The summed E-state index contributed by atoms with van der Waals surface area (Å²) in [6.07, 6.45) is 3.41. The van der Waals surface area contributed by atoms with Gasteiger partial charge in [-0.2, -0.15) is 23.3 Å². The van der Waals surface area contributed by atoms with Gasteiger partial charge in [-0.1, -0.05) is 0 Å². The number of unbranched alkanes of at least 4 members (excludes halogenated alkanes) is 2. The average molecular weight is 471 g/mol. The lowest BCUT2D eigenvalue weighted by Gasteiger charge is -2.17. The first-order chi connectivity index (χ1) is 15.7. The molecule has 0 aliphatic heterocycles. The van der Waals surface area contributed by atoms with E-state index < -0.39 is 11.7 Å². The number of carbonyl (C=O) groups excluding carboxylic acids is 1. The van der Waals surface area contributed by atoms with Crippen LogP contribution in [0.2, 0.25) is 0 Å². The number of hydrogen-bond acceptors (Lipinski definition) is 8. The van der Waals surface area contributed by atoms with E-state index in [1.807, 2.05) is 26.0 Å². The Hall–Kier alpha value is -2.73. The van der Waals surface area contributed by atoms with E-state index in [9.17, 15) is 18.0 Å². The number of nitrogens with zero attached hydrogens (tertiary/aromatic N) is 6. The lowest BCUT2D eigenvalue weighted by Crippen LogP contribution is -2.23. The average Bonchev–Trinajstić information content (AvgIpc) is 3.19. The lowest BCUT2D eigenvalue weighted by atomic mass is 10.2. The molecule has 2 rings (SSSR count). The first-order valence-electron chi connectivity index (χ1n) is 10.9. The van der Waals surface area contributed by atoms with Crippen molar-refractivity contribution in [2.75, 3.05) is 58.0 Å². The van der Waals surface area contributed by atoms with Gasteiger partial charge >= 0.3 is 6.18 Å². The Balaban J connectivity index is 1.94. The van der Waals surface area contributed by atoms with Crippen LogP contribution in [0.15, 0.2) is 18.6 Å². The third-order valence-electron chi connectivity index (χ3n) is 4.88. The molecule has 0 amide bonds. The molecule has 2 N–H and O–H groups in total. The first-order valence-corrected chi connectivity index (χ1v) is 10.9. The van der Waals surface area contributed by atoms with Gasteiger partial charge in [-0.05, 0) is 53.5 Å². The molecule has 0 unspecified atom stereocenters. The highest BCUT2D eigenvalue weighted by Gasteiger charge is 2.35. The van der Waals surface area contributed by atoms with E-state index in [0.29, 0.717) is 31.6 Å². The smallest absolute Gasteiger partial charge is 0.369 e. The molecule has 0 saturated carbocycles. The minimum atomic E-state index is -4.56. The first kappa shape index (κ1) is 26.5. The number of aldehydes is 1. The number of rotatable bonds is 15. The molecule has 9 nitrogen and oxygen atoms in total. The SMILES string of the molecule is CN(C)CCn1cc(Nc2ncc(C(F)(F)F)c(NCCCN(C)CCCCC=O)n2)cn1. The number of halogens is 3. The Kier molecular flexibility index (Phi) is 10.5. The van der Waals surface area contributed by atoms with E-state index >= 15 is 0 Å². The molecular formula is C21H33F3N8O. The van der Waals surface area contributed by atoms with E-state index in [1.165, 1.54) is 0 Å². The fourth-order valence-corrected chi connectivity index (χ4v) is 3.04. The van der Waals surface area contributed by atoms with Crippen LogP contribution in [0.25, 0.3) is 0 Å². The van der Waals surface area contributed by atoms with E-state index in [1.54, 1.807) is 17.1 Å². The van der Waals surface area contributed by atoms with Crippen LogP contribution in [0, 0.1) is 0 Å². The molecular weight excluding hydrogens is 437 g/mol. The Labute approximate surface area is 192 Å². The number of hydrogen-bond donors (Lipinski definition) is 2. The molecule has 12 heteroatoms. The van der Waals surface area contributed by atoms with Crippen molar-refractivity contribution in [2.24, 2.45) is 0 Å². The molecule has 0 aliphatic rings. The second-order valence-corrected chi connectivity index (χ2v) is 8.12. The van der Waals surface area contributed by atoms with Crippen LogP contribution in [-0.4, -0.2) is 83.2 Å². The number of nitrogens with one attached hydrogen (secondary N) is 2. The summed E-state index contributed by atoms with van der Waals surface area (Å²) in [4.78, 5) is 22.4. The molecule has 0 fully saturated rings. The van der Waals surface area contributed by atoms with E-state index in [2.05, 4.69) is 30.6 Å². The molecule has 2 heterocycles. The highest BCUT2D eigenvalue weighted by Crippen LogP contribution is 2.34. The van der Waals surface area contributed by atoms with Crippen LogP contribution in [0.3, 0.4) is 0 Å². The third-order valence-corrected chi connectivity index (χ3v) is 4.88. The number of likely N-dealkylation sites (N-methyl/N-ethyl adjacent to an activating group) is 1. The molecule has 0 spiro atoms. The molecule has 0 saturated heterocycles. The molecule has 0 atom stereocenters. The number of aromatic nitrogens is 4. The topological polar surface area (TPSA) is 91.2 Å². The van der Waals surface area contributed by atoms with Gasteiger partial charge in [0.2, 0.25) is 5.95 Å². The van der Waals surface area contributed by atoms with Gasteiger partial charge < -0.3 is 25.2 Å². The van der Waals surface area contributed by atoms with Crippen LogP contribution >= 0.6 is 0 Å². The summed E-state index contributed by atoms with van der Waals surface area (Å²) >= 11 is 0. The largest absolute Gasteiger partial charge is 0.421 e. The zero-order chi connectivity index (χ0) is 24.3. The zero-order valence-electron chi connectivity index (χ0n) is 19.4. The summed E-state index contributed by atoms with van der Waals surface area (Å²) in [5.41, 5.74) is -0.312. The maximum absolute atomic E-state index is 13.4. The molecule has 2 aromatic heterocycles. The normalized spacial score (nSPS) is 11.9. The Morgan fingerprint density at radius 1 is 1.09 bits per heavy atom. The number of anilines is 3.